The van der Waals surface area contributed by atoms with Gasteiger partial charge in [0.15, 0.2) is 0 Å². The van der Waals surface area contributed by atoms with Crippen LogP contribution in [0.5, 0.6) is 0 Å². The summed E-state index contributed by atoms with van der Waals surface area (Å²) in [6.45, 7) is 12.1. The topological polar surface area (TPSA) is 66.3 Å². The zero-order valence-electron chi connectivity index (χ0n) is 15.8. The molecule has 0 aromatic carbocycles. The maximum Gasteiger partial charge on any atom is 0.0558 e. The molecule has 0 saturated carbocycles. The van der Waals surface area contributed by atoms with Crippen molar-refractivity contribution in [2.24, 2.45) is 0 Å². The predicted molar refractivity (Wildman–Crippen MR) is 102 cm³/mol. The third-order valence-electron chi connectivity index (χ3n) is 5.40. The van der Waals surface area contributed by atoms with Gasteiger partial charge in [-0.05, 0) is 12.1 Å². The summed E-state index contributed by atoms with van der Waals surface area (Å²) in [5.74, 6) is 0. The van der Waals surface area contributed by atoms with Crippen molar-refractivity contribution in [3.8, 4) is 0 Å². The molecule has 2 saturated heterocycles. The smallest absolute Gasteiger partial charge is 0.0558 e. The summed E-state index contributed by atoms with van der Waals surface area (Å²) in [5.41, 5.74) is 2.30. The molecule has 0 bridgehead atoms. The van der Waals surface area contributed by atoms with Gasteiger partial charge in [-0.2, -0.15) is 0 Å². The number of β-amino-alcohol motifs (C(OH)–C–C–N with tert-alkyl or cyclic N) is 2. The van der Waals surface area contributed by atoms with E-state index in [0.717, 1.165) is 89.9 Å². The molecule has 7 heteroatoms. The Balaban J connectivity index is 1.45. The Morgan fingerprint density at radius 1 is 0.654 bits per heavy atom. The van der Waals surface area contributed by atoms with Gasteiger partial charge in [0.2, 0.25) is 0 Å². The number of hydrogen-bond donors (Lipinski definition) is 2. The van der Waals surface area contributed by atoms with Crippen LogP contribution in [-0.2, 0) is 13.1 Å². The molecule has 3 heterocycles. The molecule has 0 spiro atoms. The van der Waals surface area contributed by atoms with Crippen LogP contribution >= 0.6 is 0 Å². The highest BCUT2D eigenvalue weighted by Crippen LogP contribution is 2.10. The Kier molecular flexibility index (Phi) is 7.79. The minimum Gasteiger partial charge on any atom is -0.395 e. The van der Waals surface area contributed by atoms with Crippen LogP contribution in [-0.4, -0.2) is 113 Å². The molecule has 2 fully saturated rings. The van der Waals surface area contributed by atoms with Gasteiger partial charge < -0.3 is 10.2 Å². The molecule has 0 aliphatic carbocycles. The lowest BCUT2D eigenvalue weighted by molar-refractivity contribution is 0.105. The van der Waals surface area contributed by atoms with Gasteiger partial charge in [0.25, 0.3) is 0 Å². The van der Waals surface area contributed by atoms with Gasteiger partial charge in [0.1, 0.15) is 0 Å². The lowest BCUT2D eigenvalue weighted by Crippen LogP contribution is -2.47. The molecular formula is C19H33N5O2. The normalized spacial score (nSPS) is 21.3. The first-order valence-corrected chi connectivity index (χ1v) is 9.83. The molecular weight excluding hydrogens is 330 g/mol. The van der Waals surface area contributed by atoms with E-state index in [-0.39, 0.29) is 13.2 Å². The second-order valence-corrected chi connectivity index (χ2v) is 7.30. The summed E-state index contributed by atoms with van der Waals surface area (Å²) in [5, 5.41) is 18.1. The van der Waals surface area contributed by atoms with Crippen molar-refractivity contribution in [2.75, 3.05) is 78.7 Å². The monoisotopic (exact) mass is 363 g/mol. The molecule has 0 amide bonds. The maximum absolute atomic E-state index is 9.04. The van der Waals surface area contributed by atoms with Crippen molar-refractivity contribution in [1.29, 1.82) is 0 Å². The summed E-state index contributed by atoms with van der Waals surface area (Å²) < 4.78 is 0. The number of nitrogens with zero attached hydrogens (tertiary/aromatic N) is 5. The molecule has 2 aliphatic heterocycles. The second-order valence-electron chi connectivity index (χ2n) is 7.30. The van der Waals surface area contributed by atoms with Crippen molar-refractivity contribution in [3.63, 3.8) is 0 Å². The molecule has 0 unspecified atom stereocenters. The molecule has 3 rings (SSSR count). The zero-order valence-corrected chi connectivity index (χ0v) is 15.8. The van der Waals surface area contributed by atoms with Crippen LogP contribution in [0.2, 0.25) is 0 Å². The van der Waals surface area contributed by atoms with Gasteiger partial charge in [-0.15, -0.1) is 0 Å². The van der Waals surface area contributed by atoms with Crippen molar-refractivity contribution < 1.29 is 10.2 Å². The van der Waals surface area contributed by atoms with Crippen LogP contribution in [0.3, 0.4) is 0 Å². The highest BCUT2D eigenvalue weighted by Gasteiger charge is 2.18. The fourth-order valence-electron chi connectivity index (χ4n) is 3.79. The minimum atomic E-state index is 0.248. The average molecular weight is 364 g/mol. The zero-order chi connectivity index (χ0) is 18.2. The van der Waals surface area contributed by atoms with Gasteiger partial charge in [0.05, 0.1) is 24.6 Å². The second kappa shape index (κ2) is 10.3. The van der Waals surface area contributed by atoms with Gasteiger partial charge in [0, 0.05) is 78.5 Å². The van der Waals surface area contributed by atoms with E-state index >= 15 is 0 Å². The molecule has 146 valence electrons. The number of aliphatic hydroxyl groups is 2. The highest BCUT2D eigenvalue weighted by atomic mass is 16.3. The van der Waals surface area contributed by atoms with Gasteiger partial charge >= 0.3 is 0 Å². The average Bonchev–Trinajstić information content (AvgIpc) is 2.66. The number of rotatable bonds is 8. The van der Waals surface area contributed by atoms with E-state index in [1.165, 1.54) is 0 Å². The summed E-state index contributed by atoms with van der Waals surface area (Å²) in [6.07, 6.45) is 0. The quantitative estimate of drug-likeness (QED) is 0.633. The van der Waals surface area contributed by atoms with Crippen LogP contribution in [0.15, 0.2) is 18.2 Å². The maximum atomic E-state index is 9.04. The summed E-state index contributed by atoms with van der Waals surface area (Å²) >= 11 is 0. The fraction of sp³-hybridized carbons (Fsp3) is 0.737. The van der Waals surface area contributed by atoms with Crippen molar-refractivity contribution in [2.45, 2.75) is 13.1 Å². The lowest BCUT2D eigenvalue weighted by Gasteiger charge is -2.34. The molecule has 26 heavy (non-hydrogen) atoms. The number of piperazine rings is 2. The van der Waals surface area contributed by atoms with Crippen LogP contribution in [0.25, 0.3) is 0 Å². The Hall–Kier alpha value is -1.09. The van der Waals surface area contributed by atoms with Gasteiger partial charge in [-0.25, -0.2) is 0 Å². The molecule has 2 aliphatic rings. The number of aliphatic hydroxyl groups excluding tert-OH is 2. The first-order valence-electron chi connectivity index (χ1n) is 9.83. The van der Waals surface area contributed by atoms with E-state index in [0.29, 0.717) is 0 Å². The van der Waals surface area contributed by atoms with E-state index < -0.39 is 0 Å². The minimum absolute atomic E-state index is 0.248. The number of aromatic nitrogens is 1. The SMILES string of the molecule is OCCN1CCN(Cc2cccc(CN3CCN(CCO)CC3)n2)CC1. The predicted octanol–water partition coefficient (Wildman–Crippen LogP) is -0.699. The third kappa shape index (κ3) is 5.97. The lowest BCUT2D eigenvalue weighted by atomic mass is 10.2. The van der Waals surface area contributed by atoms with E-state index in [1.807, 2.05) is 0 Å². The molecule has 0 atom stereocenters. The number of hydrogen-bond acceptors (Lipinski definition) is 7. The molecule has 0 radical (unpaired) electrons. The first kappa shape index (κ1) is 19.7. The van der Waals surface area contributed by atoms with E-state index in [4.69, 9.17) is 15.2 Å². The van der Waals surface area contributed by atoms with Crippen LogP contribution < -0.4 is 0 Å². The van der Waals surface area contributed by atoms with E-state index in [1.54, 1.807) is 0 Å². The van der Waals surface area contributed by atoms with Crippen molar-refractivity contribution in [1.82, 2.24) is 24.6 Å². The van der Waals surface area contributed by atoms with Gasteiger partial charge in [-0.1, -0.05) is 6.07 Å². The molecule has 7 nitrogen and oxygen atoms in total. The third-order valence-corrected chi connectivity index (χ3v) is 5.40. The van der Waals surface area contributed by atoms with Crippen molar-refractivity contribution in [3.05, 3.63) is 29.6 Å². The Morgan fingerprint density at radius 2 is 1.04 bits per heavy atom. The number of pyridine rings is 1. The van der Waals surface area contributed by atoms with Crippen LogP contribution in [0.1, 0.15) is 11.4 Å². The molecule has 1 aromatic rings. The Labute approximate surface area is 156 Å². The summed E-state index contributed by atoms with van der Waals surface area (Å²) in [4.78, 5) is 14.4. The Bertz CT molecular complexity index is 485. The summed E-state index contributed by atoms with van der Waals surface area (Å²) in [6, 6.07) is 6.38. The fourth-order valence-corrected chi connectivity index (χ4v) is 3.79. The molecule has 2 N–H and O–H groups in total. The van der Waals surface area contributed by atoms with Gasteiger partial charge in [-0.3, -0.25) is 24.6 Å². The molecule has 1 aromatic heterocycles. The van der Waals surface area contributed by atoms with Crippen LogP contribution in [0, 0.1) is 0 Å². The standard InChI is InChI=1S/C19H33N5O2/c25-14-12-21-4-8-23(9-5-21)16-18-2-1-3-19(20-18)17-24-10-6-22(7-11-24)13-15-26/h1-3,25-26H,4-17H2. The van der Waals surface area contributed by atoms with Crippen molar-refractivity contribution >= 4 is 0 Å². The van der Waals surface area contributed by atoms with E-state index in [9.17, 15) is 0 Å². The van der Waals surface area contributed by atoms with Crippen LogP contribution in [0.4, 0.5) is 0 Å². The summed E-state index contributed by atoms with van der Waals surface area (Å²) in [7, 11) is 0. The Morgan fingerprint density at radius 3 is 1.42 bits per heavy atom. The first-order chi connectivity index (χ1) is 12.8. The van der Waals surface area contributed by atoms with E-state index in [2.05, 4.69) is 37.8 Å². The largest absolute Gasteiger partial charge is 0.395 e. The highest BCUT2D eigenvalue weighted by molar-refractivity contribution is 5.11.